The van der Waals surface area contributed by atoms with E-state index in [0.29, 0.717) is 24.5 Å². The van der Waals surface area contributed by atoms with Crippen LogP contribution in [0.25, 0.3) is 0 Å². The zero-order valence-corrected chi connectivity index (χ0v) is 13.7. The molecule has 1 unspecified atom stereocenters. The van der Waals surface area contributed by atoms with Gasteiger partial charge < -0.3 is 10.2 Å². The van der Waals surface area contributed by atoms with Crippen LogP contribution in [0.1, 0.15) is 24.8 Å². The number of hydrogen-bond donors (Lipinski definition) is 1. The summed E-state index contributed by atoms with van der Waals surface area (Å²) in [7, 11) is 0. The fourth-order valence-electron chi connectivity index (χ4n) is 2.60. The Balaban J connectivity index is 1.77. The van der Waals surface area contributed by atoms with Gasteiger partial charge in [-0.3, -0.25) is 9.59 Å². The van der Waals surface area contributed by atoms with Crippen LogP contribution < -0.4 is 5.32 Å². The lowest BCUT2D eigenvalue weighted by atomic mass is 10.1. The Bertz CT molecular complexity index is 607. The Labute approximate surface area is 143 Å². The maximum absolute atomic E-state index is 12.1. The molecule has 1 aromatic carbocycles. The molecule has 1 atom stereocenters. The third-order valence-corrected chi connectivity index (χ3v) is 4.01. The molecule has 1 aliphatic rings. The predicted molar refractivity (Wildman–Crippen MR) is 83.6 cm³/mol. The van der Waals surface area contributed by atoms with Crippen LogP contribution in [0.2, 0.25) is 5.02 Å². The van der Waals surface area contributed by atoms with Gasteiger partial charge in [-0.1, -0.05) is 23.7 Å². The van der Waals surface area contributed by atoms with E-state index < -0.39 is 31.0 Å². The van der Waals surface area contributed by atoms with Crippen LogP contribution in [0.5, 0.6) is 0 Å². The van der Waals surface area contributed by atoms with Gasteiger partial charge in [-0.25, -0.2) is 0 Å². The lowest BCUT2D eigenvalue weighted by molar-refractivity contribution is -0.144. The topological polar surface area (TPSA) is 49.4 Å². The number of rotatable bonds is 6. The molecule has 0 saturated carbocycles. The molecule has 0 radical (unpaired) electrons. The van der Waals surface area contributed by atoms with Crippen LogP contribution in [0, 0.1) is 0 Å². The molecule has 132 valence electrons. The van der Waals surface area contributed by atoms with Gasteiger partial charge in [-0.05, 0) is 24.1 Å². The van der Waals surface area contributed by atoms with Crippen molar-refractivity contribution in [3.05, 3.63) is 34.9 Å². The summed E-state index contributed by atoms with van der Waals surface area (Å²) in [6.07, 6.45) is -5.38. The molecule has 1 fully saturated rings. The minimum absolute atomic E-state index is 0.113. The molecule has 0 aliphatic carbocycles. The Hall–Kier alpha value is -1.76. The van der Waals surface area contributed by atoms with Crippen molar-refractivity contribution in [2.24, 2.45) is 0 Å². The molecule has 1 saturated heterocycles. The minimum Gasteiger partial charge on any atom is -0.351 e. The maximum atomic E-state index is 12.1. The summed E-state index contributed by atoms with van der Waals surface area (Å²) in [5.74, 6) is -0.792. The average molecular weight is 363 g/mol. The molecular weight excluding hydrogens is 345 g/mol. The van der Waals surface area contributed by atoms with E-state index in [4.69, 9.17) is 11.6 Å². The first-order valence-electron chi connectivity index (χ1n) is 7.61. The fourth-order valence-corrected chi connectivity index (χ4v) is 2.81. The molecule has 1 N–H and O–H groups in total. The first-order chi connectivity index (χ1) is 11.2. The first kappa shape index (κ1) is 18.6. The van der Waals surface area contributed by atoms with Gasteiger partial charge in [0.15, 0.2) is 0 Å². The average Bonchev–Trinajstić information content (AvgIpc) is 2.82. The molecule has 4 nitrogen and oxygen atoms in total. The zero-order valence-electron chi connectivity index (χ0n) is 12.9. The number of hydrogen-bond acceptors (Lipinski definition) is 2. The summed E-state index contributed by atoms with van der Waals surface area (Å²) in [6, 6.07) is 6.88. The van der Waals surface area contributed by atoms with Crippen molar-refractivity contribution in [2.45, 2.75) is 37.9 Å². The van der Waals surface area contributed by atoms with Crippen molar-refractivity contribution >= 4 is 23.4 Å². The van der Waals surface area contributed by atoms with Crippen molar-refractivity contribution in [1.29, 1.82) is 0 Å². The van der Waals surface area contributed by atoms with Gasteiger partial charge in [-0.2, -0.15) is 13.2 Å². The number of nitrogens with zero attached hydrogens (tertiary/aromatic N) is 1. The van der Waals surface area contributed by atoms with E-state index in [2.05, 4.69) is 5.32 Å². The lowest BCUT2D eigenvalue weighted by Gasteiger charge is -2.17. The fraction of sp³-hybridized carbons (Fsp3) is 0.500. The molecule has 24 heavy (non-hydrogen) atoms. The second-order valence-electron chi connectivity index (χ2n) is 5.80. The second-order valence-corrected chi connectivity index (χ2v) is 6.24. The van der Waals surface area contributed by atoms with Gasteiger partial charge in [-0.15, -0.1) is 0 Å². The monoisotopic (exact) mass is 362 g/mol. The standard InChI is InChI=1S/C16H18ClF3N2O2/c17-12-3-1-2-11(8-12)5-7-22-10-13(9-15(22)24)21-14(23)4-6-16(18,19)20/h1-3,8,13H,4-7,9-10H2,(H,21,23). The Morgan fingerprint density at radius 1 is 1.38 bits per heavy atom. The van der Waals surface area contributed by atoms with E-state index in [-0.39, 0.29) is 12.3 Å². The van der Waals surface area contributed by atoms with Crippen molar-refractivity contribution in [2.75, 3.05) is 13.1 Å². The van der Waals surface area contributed by atoms with E-state index in [1.807, 2.05) is 18.2 Å². The van der Waals surface area contributed by atoms with Gasteiger partial charge in [0, 0.05) is 31.0 Å². The number of halogens is 4. The second kappa shape index (κ2) is 7.88. The Kier molecular flexibility index (Phi) is 6.10. The minimum atomic E-state index is -4.36. The van der Waals surface area contributed by atoms with Crippen LogP contribution in [-0.4, -0.2) is 42.0 Å². The van der Waals surface area contributed by atoms with Crippen molar-refractivity contribution in [3.8, 4) is 0 Å². The summed E-state index contributed by atoms with van der Waals surface area (Å²) in [5.41, 5.74) is 0.993. The SMILES string of the molecule is O=C(CCC(F)(F)F)NC1CC(=O)N(CCc2cccc(Cl)c2)C1. The number of alkyl halides is 3. The van der Waals surface area contributed by atoms with E-state index >= 15 is 0 Å². The number of nitrogens with one attached hydrogen (secondary N) is 1. The normalized spacial score (nSPS) is 18.1. The molecule has 2 amide bonds. The third kappa shape index (κ3) is 6.03. The van der Waals surface area contributed by atoms with Crippen molar-refractivity contribution < 1.29 is 22.8 Å². The van der Waals surface area contributed by atoms with E-state index in [9.17, 15) is 22.8 Å². The molecule has 1 heterocycles. The summed E-state index contributed by atoms with van der Waals surface area (Å²) in [6.45, 7) is 0.797. The summed E-state index contributed by atoms with van der Waals surface area (Å²) < 4.78 is 36.3. The Morgan fingerprint density at radius 3 is 2.79 bits per heavy atom. The molecule has 0 aromatic heterocycles. The number of amides is 2. The van der Waals surface area contributed by atoms with Crippen LogP contribution >= 0.6 is 11.6 Å². The molecule has 0 bridgehead atoms. The smallest absolute Gasteiger partial charge is 0.351 e. The number of likely N-dealkylation sites (tertiary alicyclic amines) is 1. The largest absolute Gasteiger partial charge is 0.389 e. The van der Waals surface area contributed by atoms with Crippen LogP contribution in [0.4, 0.5) is 13.2 Å². The van der Waals surface area contributed by atoms with Crippen LogP contribution in [0.15, 0.2) is 24.3 Å². The molecule has 2 rings (SSSR count). The first-order valence-corrected chi connectivity index (χ1v) is 7.99. The number of carbonyl (C=O) groups is 2. The van der Waals surface area contributed by atoms with E-state index in [1.165, 1.54) is 0 Å². The van der Waals surface area contributed by atoms with Gasteiger partial charge >= 0.3 is 6.18 Å². The summed E-state index contributed by atoms with van der Waals surface area (Å²) in [4.78, 5) is 25.1. The van der Waals surface area contributed by atoms with Gasteiger partial charge in [0.1, 0.15) is 0 Å². The number of benzene rings is 1. The molecule has 1 aliphatic heterocycles. The number of carbonyl (C=O) groups excluding carboxylic acids is 2. The van der Waals surface area contributed by atoms with Crippen molar-refractivity contribution in [3.63, 3.8) is 0 Å². The Morgan fingerprint density at radius 2 is 2.12 bits per heavy atom. The molecule has 8 heteroatoms. The zero-order chi connectivity index (χ0) is 17.7. The maximum Gasteiger partial charge on any atom is 0.389 e. The summed E-state index contributed by atoms with van der Waals surface area (Å²) in [5, 5.41) is 3.12. The quantitative estimate of drug-likeness (QED) is 0.846. The summed E-state index contributed by atoms with van der Waals surface area (Å²) >= 11 is 5.90. The highest BCUT2D eigenvalue weighted by Crippen LogP contribution is 2.21. The predicted octanol–water partition coefficient (Wildman–Crippen LogP) is 2.94. The van der Waals surface area contributed by atoms with E-state index in [0.717, 1.165) is 5.56 Å². The van der Waals surface area contributed by atoms with Crippen molar-refractivity contribution in [1.82, 2.24) is 10.2 Å². The molecule has 0 spiro atoms. The van der Waals surface area contributed by atoms with Gasteiger partial charge in [0.2, 0.25) is 11.8 Å². The highest BCUT2D eigenvalue weighted by molar-refractivity contribution is 6.30. The van der Waals surface area contributed by atoms with Crippen LogP contribution in [0.3, 0.4) is 0 Å². The van der Waals surface area contributed by atoms with Gasteiger partial charge in [0.05, 0.1) is 12.5 Å². The molecule has 1 aromatic rings. The van der Waals surface area contributed by atoms with E-state index in [1.54, 1.807) is 11.0 Å². The van der Waals surface area contributed by atoms with Gasteiger partial charge in [0.25, 0.3) is 0 Å². The lowest BCUT2D eigenvalue weighted by Crippen LogP contribution is -2.37. The van der Waals surface area contributed by atoms with Crippen LogP contribution in [-0.2, 0) is 16.0 Å². The third-order valence-electron chi connectivity index (χ3n) is 3.77. The highest BCUT2D eigenvalue weighted by Gasteiger charge is 2.32. The molecular formula is C16H18ClF3N2O2. The highest BCUT2D eigenvalue weighted by atomic mass is 35.5.